The second kappa shape index (κ2) is 11.1. The first-order valence-electron chi connectivity index (χ1n) is 9.33. The lowest BCUT2D eigenvalue weighted by Gasteiger charge is -2.12. The third-order valence-electron chi connectivity index (χ3n) is 4.37. The van der Waals surface area contributed by atoms with E-state index >= 15 is 0 Å². The SMILES string of the molecule is COc1ccc(NC(=O)/C(C#N)=C\c2cc(Cl)c(OCc3ccccc3Cl)c(Br)c2)cc1. The molecule has 0 saturated carbocycles. The van der Waals surface area contributed by atoms with E-state index in [2.05, 4.69) is 21.2 Å². The van der Waals surface area contributed by atoms with Crippen molar-refractivity contribution in [3.8, 4) is 17.6 Å². The molecule has 0 aliphatic carbocycles. The zero-order chi connectivity index (χ0) is 23.1. The van der Waals surface area contributed by atoms with Crippen LogP contribution < -0.4 is 14.8 Å². The van der Waals surface area contributed by atoms with Gasteiger partial charge in [0.25, 0.3) is 5.91 Å². The Morgan fingerprint density at radius 1 is 1.12 bits per heavy atom. The van der Waals surface area contributed by atoms with Crippen molar-refractivity contribution in [1.82, 2.24) is 0 Å². The Kier molecular flexibility index (Phi) is 8.18. The maximum Gasteiger partial charge on any atom is 0.266 e. The average molecular weight is 532 g/mol. The molecule has 0 aliphatic heterocycles. The summed E-state index contributed by atoms with van der Waals surface area (Å²) in [5.74, 6) is 0.560. The molecule has 0 atom stereocenters. The number of ether oxygens (including phenoxy) is 2. The molecule has 1 amide bonds. The number of nitriles is 1. The lowest BCUT2D eigenvalue weighted by molar-refractivity contribution is -0.112. The number of hydrogen-bond donors (Lipinski definition) is 1. The van der Waals surface area contributed by atoms with E-state index in [0.717, 1.165) is 5.56 Å². The molecule has 0 spiro atoms. The van der Waals surface area contributed by atoms with Crippen LogP contribution in [-0.2, 0) is 11.4 Å². The van der Waals surface area contributed by atoms with Crippen molar-refractivity contribution in [2.24, 2.45) is 0 Å². The number of carbonyl (C=O) groups is 1. The van der Waals surface area contributed by atoms with Crippen molar-refractivity contribution in [3.05, 3.63) is 91.9 Å². The molecule has 3 aromatic rings. The van der Waals surface area contributed by atoms with Crippen molar-refractivity contribution in [2.45, 2.75) is 6.61 Å². The third kappa shape index (κ3) is 6.04. The maximum atomic E-state index is 12.5. The number of nitrogens with one attached hydrogen (secondary N) is 1. The van der Waals surface area contributed by atoms with Gasteiger partial charge in [-0.15, -0.1) is 0 Å². The monoisotopic (exact) mass is 530 g/mol. The number of carbonyl (C=O) groups excluding carboxylic acids is 1. The van der Waals surface area contributed by atoms with Gasteiger partial charge >= 0.3 is 0 Å². The molecule has 0 radical (unpaired) electrons. The van der Waals surface area contributed by atoms with Crippen LogP contribution in [0.25, 0.3) is 6.08 Å². The molecule has 5 nitrogen and oxygen atoms in total. The minimum absolute atomic E-state index is 0.0754. The molecule has 3 rings (SSSR count). The zero-order valence-electron chi connectivity index (χ0n) is 16.9. The quantitative estimate of drug-likeness (QED) is 0.266. The molecule has 32 heavy (non-hydrogen) atoms. The molecule has 0 saturated heterocycles. The van der Waals surface area contributed by atoms with Crippen LogP contribution in [0.1, 0.15) is 11.1 Å². The minimum atomic E-state index is -0.538. The van der Waals surface area contributed by atoms with Gasteiger partial charge in [-0.1, -0.05) is 41.4 Å². The van der Waals surface area contributed by atoms with Gasteiger partial charge in [-0.3, -0.25) is 4.79 Å². The maximum absolute atomic E-state index is 12.5. The largest absolute Gasteiger partial charge is 0.497 e. The highest BCUT2D eigenvalue weighted by atomic mass is 79.9. The van der Waals surface area contributed by atoms with E-state index in [0.29, 0.717) is 37.3 Å². The summed E-state index contributed by atoms with van der Waals surface area (Å²) in [5, 5.41) is 13.1. The van der Waals surface area contributed by atoms with Crippen molar-refractivity contribution in [3.63, 3.8) is 0 Å². The van der Waals surface area contributed by atoms with Crippen LogP contribution in [-0.4, -0.2) is 13.0 Å². The highest BCUT2D eigenvalue weighted by molar-refractivity contribution is 9.10. The summed E-state index contributed by atoms with van der Waals surface area (Å²) in [6.07, 6.45) is 1.45. The van der Waals surface area contributed by atoms with Gasteiger partial charge in [-0.05, 0) is 70.0 Å². The fraction of sp³-hybridized carbons (Fsp3) is 0.0833. The van der Waals surface area contributed by atoms with E-state index in [-0.39, 0.29) is 12.2 Å². The highest BCUT2D eigenvalue weighted by Crippen LogP contribution is 2.36. The van der Waals surface area contributed by atoms with Gasteiger partial charge in [0, 0.05) is 16.3 Å². The Hall–Kier alpha value is -2.98. The lowest BCUT2D eigenvalue weighted by Crippen LogP contribution is -2.13. The van der Waals surface area contributed by atoms with Crippen molar-refractivity contribution < 1.29 is 14.3 Å². The van der Waals surface area contributed by atoms with Gasteiger partial charge in [0.1, 0.15) is 24.0 Å². The van der Waals surface area contributed by atoms with Gasteiger partial charge < -0.3 is 14.8 Å². The smallest absolute Gasteiger partial charge is 0.266 e. The molecule has 0 aromatic heterocycles. The molecular weight excluding hydrogens is 515 g/mol. The van der Waals surface area contributed by atoms with Crippen molar-refractivity contribution in [2.75, 3.05) is 12.4 Å². The summed E-state index contributed by atoms with van der Waals surface area (Å²) < 4.78 is 11.5. The summed E-state index contributed by atoms with van der Waals surface area (Å²) >= 11 is 16.0. The average Bonchev–Trinajstić information content (AvgIpc) is 2.78. The Morgan fingerprint density at radius 3 is 2.47 bits per heavy atom. The van der Waals surface area contributed by atoms with Crippen LogP contribution in [0.15, 0.2) is 70.7 Å². The molecule has 8 heteroatoms. The van der Waals surface area contributed by atoms with Crippen LogP contribution in [0, 0.1) is 11.3 Å². The minimum Gasteiger partial charge on any atom is -0.497 e. The highest BCUT2D eigenvalue weighted by Gasteiger charge is 2.13. The van der Waals surface area contributed by atoms with E-state index < -0.39 is 5.91 Å². The molecule has 0 heterocycles. The molecule has 0 fully saturated rings. The summed E-state index contributed by atoms with van der Waals surface area (Å²) in [5.41, 5.74) is 1.85. The Labute approximate surface area is 204 Å². The fourth-order valence-corrected chi connectivity index (χ4v) is 3.93. The molecule has 0 aliphatic rings. The first-order chi connectivity index (χ1) is 15.4. The van der Waals surface area contributed by atoms with Crippen molar-refractivity contribution in [1.29, 1.82) is 5.26 Å². The summed E-state index contributed by atoms with van der Waals surface area (Å²) in [6, 6.07) is 19.4. The second-order valence-corrected chi connectivity index (χ2v) is 8.21. The van der Waals surface area contributed by atoms with E-state index in [9.17, 15) is 10.1 Å². The van der Waals surface area contributed by atoms with E-state index in [1.54, 1.807) is 49.6 Å². The van der Waals surface area contributed by atoms with E-state index in [1.807, 2.05) is 24.3 Å². The van der Waals surface area contributed by atoms with Gasteiger partial charge in [-0.2, -0.15) is 5.26 Å². The predicted molar refractivity (Wildman–Crippen MR) is 130 cm³/mol. The molecule has 0 unspecified atom stereocenters. The second-order valence-electron chi connectivity index (χ2n) is 6.55. The standard InChI is InChI=1S/C24H17BrCl2N2O3/c1-31-19-8-6-18(7-9-19)29-24(30)17(13-28)10-15-11-20(25)23(22(27)12-15)32-14-16-4-2-3-5-21(16)26/h2-12H,14H2,1H3,(H,29,30)/b17-10-. The lowest BCUT2D eigenvalue weighted by atomic mass is 10.1. The number of benzene rings is 3. The number of rotatable bonds is 7. The van der Waals surface area contributed by atoms with Crippen LogP contribution in [0.5, 0.6) is 11.5 Å². The molecule has 162 valence electrons. The van der Waals surface area contributed by atoms with Crippen LogP contribution in [0.3, 0.4) is 0 Å². The van der Waals surface area contributed by atoms with Gasteiger partial charge in [0.2, 0.25) is 0 Å². The summed E-state index contributed by atoms with van der Waals surface area (Å²) in [4.78, 5) is 12.5. The number of amides is 1. The normalized spacial score (nSPS) is 10.9. The number of halogens is 3. The van der Waals surface area contributed by atoms with E-state index in [4.69, 9.17) is 32.7 Å². The molecule has 1 N–H and O–H groups in total. The first-order valence-corrected chi connectivity index (χ1v) is 10.9. The van der Waals surface area contributed by atoms with Crippen molar-refractivity contribution >= 4 is 56.8 Å². The third-order valence-corrected chi connectivity index (χ3v) is 5.61. The summed E-state index contributed by atoms with van der Waals surface area (Å²) in [6.45, 7) is 0.237. The number of methoxy groups -OCH3 is 1. The van der Waals surface area contributed by atoms with Gasteiger partial charge in [0.15, 0.2) is 5.75 Å². The molecule has 0 bridgehead atoms. The zero-order valence-corrected chi connectivity index (χ0v) is 20.0. The Balaban J connectivity index is 1.76. The fourth-order valence-electron chi connectivity index (χ4n) is 2.75. The number of anilines is 1. The molecular formula is C24H17BrCl2N2O3. The van der Waals surface area contributed by atoms with E-state index in [1.165, 1.54) is 6.08 Å². The Bertz CT molecular complexity index is 1180. The number of hydrogen-bond acceptors (Lipinski definition) is 4. The van der Waals surface area contributed by atoms with Crippen LogP contribution in [0.2, 0.25) is 10.0 Å². The topological polar surface area (TPSA) is 71.3 Å². The Morgan fingerprint density at radius 2 is 1.84 bits per heavy atom. The van der Waals surface area contributed by atoms with Gasteiger partial charge in [0.05, 0.1) is 16.6 Å². The van der Waals surface area contributed by atoms with Crippen LogP contribution >= 0.6 is 39.1 Å². The molecule has 3 aromatic carbocycles. The summed E-state index contributed by atoms with van der Waals surface area (Å²) in [7, 11) is 1.56. The van der Waals surface area contributed by atoms with Gasteiger partial charge in [-0.25, -0.2) is 0 Å². The first kappa shape index (κ1) is 23.7. The number of nitrogens with zero attached hydrogens (tertiary/aromatic N) is 1. The van der Waals surface area contributed by atoms with Crippen LogP contribution in [0.4, 0.5) is 5.69 Å². The predicted octanol–water partition coefficient (Wildman–Crippen LogP) is 6.89.